The van der Waals surface area contributed by atoms with Crippen LogP contribution >= 0.6 is 0 Å². The zero-order chi connectivity index (χ0) is 18.9. The molecule has 4 rings (SSSR count). The van der Waals surface area contributed by atoms with E-state index in [4.69, 9.17) is 4.74 Å². The zero-order valence-electron chi connectivity index (χ0n) is 14.4. The van der Waals surface area contributed by atoms with E-state index < -0.39 is 10.0 Å². The number of sulfonamides is 1. The quantitative estimate of drug-likeness (QED) is 0.712. The van der Waals surface area contributed by atoms with Crippen molar-refractivity contribution >= 4 is 32.7 Å². The highest BCUT2D eigenvalue weighted by molar-refractivity contribution is 7.89. The molecule has 0 atom stereocenters. The van der Waals surface area contributed by atoms with E-state index in [2.05, 4.69) is 15.3 Å². The first-order valence-corrected chi connectivity index (χ1v) is 9.90. The number of anilines is 1. The minimum atomic E-state index is -3.62. The number of carbonyl (C=O) groups excluding carboxylic acids is 1. The van der Waals surface area contributed by atoms with Gasteiger partial charge in [-0.1, -0.05) is 6.07 Å². The largest absolute Gasteiger partial charge is 0.379 e. The van der Waals surface area contributed by atoms with Crippen molar-refractivity contribution < 1.29 is 17.9 Å². The second kappa shape index (κ2) is 7.10. The molecule has 0 unspecified atom stereocenters. The molecule has 0 radical (unpaired) electrons. The van der Waals surface area contributed by atoms with Crippen LogP contribution in [0.5, 0.6) is 0 Å². The van der Waals surface area contributed by atoms with E-state index in [1.54, 1.807) is 36.7 Å². The van der Waals surface area contributed by atoms with Gasteiger partial charge in [-0.05, 0) is 36.4 Å². The molecule has 0 aliphatic carbocycles. The Bertz CT molecular complexity index is 1090. The van der Waals surface area contributed by atoms with Crippen LogP contribution in [0.1, 0.15) is 10.4 Å². The van der Waals surface area contributed by atoms with Crippen LogP contribution in [0.4, 0.5) is 5.69 Å². The molecule has 1 aromatic heterocycles. The third-order valence-electron chi connectivity index (χ3n) is 4.38. The lowest BCUT2D eigenvalue weighted by Crippen LogP contribution is -2.40. The van der Waals surface area contributed by atoms with Gasteiger partial charge in [-0.3, -0.25) is 4.79 Å². The molecular formula is C18H18N4O4S. The fraction of sp³-hybridized carbons (Fsp3) is 0.222. The highest BCUT2D eigenvalue weighted by Gasteiger charge is 2.26. The van der Waals surface area contributed by atoms with Gasteiger partial charge in [0.15, 0.2) is 0 Å². The Balaban J connectivity index is 1.56. The number of amides is 1. The van der Waals surface area contributed by atoms with Crippen molar-refractivity contribution in [2.75, 3.05) is 31.6 Å². The van der Waals surface area contributed by atoms with Crippen LogP contribution in [-0.4, -0.2) is 54.9 Å². The summed E-state index contributed by atoms with van der Waals surface area (Å²) >= 11 is 0. The third-order valence-corrected chi connectivity index (χ3v) is 6.28. The number of nitrogens with zero attached hydrogens (tertiary/aromatic N) is 2. The molecule has 3 aromatic rings. The number of imidazole rings is 1. The van der Waals surface area contributed by atoms with Crippen molar-refractivity contribution in [2.45, 2.75) is 4.90 Å². The summed E-state index contributed by atoms with van der Waals surface area (Å²) in [4.78, 5) is 19.7. The number of benzene rings is 2. The van der Waals surface area contributed by atoms with Gasteiger partial charge in [-0.2, -0.15) is 4.31 Å². The van der Waals surface area contributed by atoms with Crippen molar-refractivity contribution in [2.24, 2.45) is 0 Å². The molecule has 2 aromatic carbocycles. The number of carbonyl (C=O) groups is 1. The van der Waals surface area contributed by atoms with Gasteiger partial charge in [-0.25, -0.2) is 13.4 Å². The molecule has 0 bridgehead atoms. The first-order chi connectivity index (χ1) is 13.0. The predicted octanol–water partition coefficient (Wildman–Crippen LogP) is 1.84. The Morgan fingerprint density at radius 1 is 1.15 bits per heavy atom. The Labute approximate surface area is 156 Å². The van der Waals surface area contributed by atoms with E-state index in [9.17, 15) is 13.2 Å². The lowest BCUT2D eigenvalue weighted by atomic mass is 10.2. The van der Waals surface area contributed by atoms with Crippen molar-refractivity contribution in [1.29, 1.82) is 0 Å². The average molecular weight is 386 g/mol. The summed E-state index contributed by atoms with van der Waals surface area (Å²) in [5, 5.41) is 2.75. The number of morpholine rings is 1. The Morgan fingerprint density at radius 2 is 1.96 bits per heavy atom. The molecule has 2 heterocycles. The maximum absolute atomic E-state index is 12.8. The number of hydrogen-bond donors (Lipinski definition) is 2. The maximum Gasteiger partial charge on any atom is 0.255 e. The van der Waals surface area contributed by atoms with Crippen LogP contribution < -0.4 is 5.32 Å². The van der Waals surface area contributed by atoms with Crippen molar-refractivity contribution in [3.05, 3.63) is 54.4 Å². The molecule has 27 heavy (non-hydrogen) atoms. The standard InChI is InChI=1S/C18H18N4O4S/c23-18(13-4-5-16-17(10-13)20-12-19-16)21-14-2-1-3-15(11-14)27(24,25)22-6-8-26-9-7-22/h1-5,10-12H,6-9H2,(H,19,20)(H,21,23). The highest BCUT2D eigenvalue weighted by atomic mass is 32.2. The lowest BCUT2D eigenvalue weighted by Gasteiger charge is -2.26. The van der Waals surface area contributed by atoms with Gasteiger partial charge in [-0.15, -0.1) is 0 Å². The van der Waals surface area contributed by atoms with Crippen LogP contribution in [0.15, 0.2) is 53.7 Å². The maximum atomic E-state index is 12.8. The fourth-order valence-electron chi connectivity index (χ4n) is 2.95. The molecule has 9 heteroatoms. The van der Waals surface area contributed by atoms with E-state index in [0.29, 0.717) is 37.6 Å². The number of aromatic nitrogens is 2. The SMILES string of the molecule is O=C(Nc1cccc(S(=O)(=O)N2CCOCC2)c1)c1ccc2nc[nH]c2c1. The van der Waals surface area contributed by atoms with E-state index in [1.165, 1.54) is 16.4 Å². The topological polar surface area (TPSA) is 104 Å². The van der Waals surface area contributed by atoms with Gasteiger partial charge >= 0.3 is 0 Å². The molecule has 140 valence electrons. The Hall–Kier alpha value is -2.75. The predicted molar refractivity (Wildman–Crippen MR) is 100 cm³/mol. The van der Waals surface area contributed by atoms with Crippen LogP contribution in [0.2, 0.25) is 0 Å². The number of nitrogens with one attached hydrogen (secondary N) is 2. The van der Waals surface area contributed by atoms with Gasteiger partial charge < -0.3 is 15.0 Å². The molecule has 8 nitrogen and oxygen atoms in total. The number of ether oxygens (including phenoxy) is 1. The Kier molecular flexibility index (Phi) is 4.65. The van der Waals surface area contributed by atoms with E-state index in [0.717, 1.165) is 11.0 Å². The molecule has 1 saturated heterocycles. The summed E-state index contributed by atoms with van der Waals surface area (Å²) in [7, 11) is -3.62. The van der Waals surface area contributed by atoms with Crippen LogP contribution in [0.3, 0.4) is 0 Å². The molecule has 2 N–H and O–H groups in total. The monoisotopic (exact) mass is 386 g/mol. The average Bonchev–Trinajstić information content (AvgIpc) is 3.16. The first kappa shape index (κ1) is 17.7. The Morgan fingerprint density at radius 3 is 2.78 bits per heavy atom. The summed E-state index contributed by atoms with van der Waals surface area (Å²) < 4.78 is 32.1. The first-order valence-electron chi connectivity index (χ1n) is 8.46. The molecule has 0 saturated carbocycles. The van der Waals surface area contributed by atoms with Gasteiger partial charge in [0, 0.05) is 24.3 Å². The van der Waals surface area contributed by atoms with E-state index in [1.807, 2.05) is 0 Å². The molecule has 1 fully saturated rings. The molecular weight excluding hydrogens is 368 g/mol. The van der Waals surface area contributed by atoms with E-state index >= 15 is 0 Å². The van der Waals surface area contributed by atoms with Crippen LogP contribution in [0, 0.1) is 0 Å². The van der Waals surface area contributed by atoms with Crippen LogP contribution in [0.25, 0.3) is 11.0 Å². The number of rotatable bonds is 4. The summed E-state index contributed by atoms with van der Waals surface area (Å²) in [5.74, 6) is -0.326. The van der Waals surface area contributed by atoms with Crippen molar-refractivity contribution in [1.82, 2.24) is 14.3 Å². The number of H-pyrrole nitrogens is 1. The molecule has 0 spiro atoms. The summed E-state index contributed by atoms with van der Waals surface area (Å²) in [6.07, 6.45) is 1.56. The van der Waals surface area contributed by atoms with Crippen LogP contribution in [-0.2, 0) is 14.8 Å². The molecule has 1 aliphatic heterocycles. The number of aromatic amines is 1. The second-order valence-corrected chi connectivity index (χ2v) is 8.07. The van der Waals surface area contributed by atoms with Gasteiger partial charge in [0.25, 0.3) is 5.91 Å². The van der Waals surface area contributed by atoms with Gasteiger partial charge in [0.2, 0.25) is 10.0 Å². The second-order valence-electron chi connectivity index (χ2n) is 6.13. The third kappa shape index (κ3) is 3.57. The lowest BCUT2D eigenvalue weighted by molar-refractivity contribution is 0.0730. The van der Waals surface area contributed by atoms with Crippen molar-refractivity contribution in [3.8, 4) is 0 Å². The van der Waals surface area contributed by atoms with Gasteiger partial charge in [0.1, 0.15) is 0 Å². The molecule has 1 aliphatic rings. The highest BCUT2D eigenvalue weighted by Crippen LogP contribution is 2.21. The summed E-state index contributed by atoms with van der Waals surface area (Å²) in [6, 6.07) is 11.4. The van der Waals surface area contributed by atoms with E-state index in [-0.39, 0.29) is 10.8 Å². The summed E-state index contributed by atoms with van der Waals surface area (Å²) in [5.41, 5.74) is 2.39. The molecule has 1 amide bonds. The fourth-order valence-corrected chi connectivity index (χ4v) is 4.40. The normalized spacial score (nSPS) is 15.7. The number of fused-ring (bicyclic) bond motifs is 1. The number of hydrogen-bond acceptors (Lipinski definition) is 5. The summed E-state index contributed by atoms with van der Waals surface area (Å²) in [6.45, 7) is 1.41. The van der Waals surface area contributed by atoms with Crippen molar-refractivity contribution in [3.63, 3.8) is 0 Å². The minimum Gasteiger partial charge on any atom is -0.379 e. The van der Waals surface area contributed by atoms with Gasteiger partial charge in [0.05, 0.1) is 35.5 Å². The minimum absolute atomic E-state index is 0.145. The zero-order valence-corrected chi connectivity index (χ0v) is 15.2. The smallest absolute Gasteiger partial charge is 0.255 e.